The first-order valence-electron chi connectivity index (χ1n) is 11.8. The zero-order valence-electron chi connectivity index (χ0n) is 18.7. The molecule has 4 heteroatoms. The average Bonchev–Trinajstić information content (AvgIpc) is 3.32. The third-order valence-corrected chi connectivity index (χ3v) is 7.89. The van der Waals surface area contributed by atoms with Gasteiger partial charge in [-0.3, -0.25) is 4.90 Å². The van der Waals surface area contributed by atoms with Gasteiger partial charge in [-0.1, -0.05) is 48.5 Å². The Bertz CT molecular complexity index is 1000. The molecule has 3 heterocycles. The fourth-order valence-corrected chi connectivity index (χ4v) is 6.01. The van der Waals surface area contributed by atoms with Crippen LogP contribution in [0.1, 0.15) is 24.0 Å². The number of aliphatic hydroxyl groups is 1. The van der Waals surface area contributed by atoms with Crippen molar-refractivity contribution in [1.82, 2.24) is 14.4 Å². The van der Waals surface area contributed by atoms with Crippen LogP contribution in [0, 0.1) is 11.3 Å². The maximum Gasteiger partial charge on any atom is 0.0481 e. The smallest absolute Gasteiger partial charge is 0.0481 e. The van der Waals surface area contributed by atoms with Crippen molar-refractivity contribution in [3.05, 3.63) is 71.9 Å². The van der Waals surface area contributed by atoms with Crippen LogP contribution in [0.25, 0.3) is 10.9 Å². The van der Waals surface area contributed by atoms with Gasteiger partial charge in [0.05, 0.1) is 0 Å². The summed E-state index contributed by atoms with van der Waals surface area (Å²) in [6.45, 7) is 6.91. The lowest BCUT2D eigenvalue weighted by atomic mass is 9.71. The van der Waals surface area contributed by atoms with Crippen molar-refractivity contribution in [1.29, 1.82) is 0 Å². The number of para-hydroxylation sites is 1. The summed E-state index contributed by atoms with van der Waals surface area (Å²) in [5.74, 6) is 0.419. The Morgan fingerprint density at radius 2 is 1.71 bits per heavy atom. The van der Waals surface area contributed by atoms with Gasteiger partial charge in [0, 0.05) is 62.9 Å². The SMILES string of the molecule is Cn1cc(CN2CCC3(CC2)CN(CCc2ccccc2)CC3CO)c2ccccc21. The molecular formula is C27H35N3O. The van der Waals surface area contributed by atoms with Gasteiger partial charge in [-0.2, -0.15) is 0 Å². The molecule has 1 spiro atoms. The molecule has 2 aliphatic rings. The molecule has 0 bridgehead atoms. The third-order valence-electron chi connectivity index (χ3n) is 7.89. The molecule has 3 aromatic rings. The number of likely N-dealkylation sites (tertiary alicyclic amines) is 2. The van der Waals surface area contributed by atoms with E-state index in [1.807, 2.05) is 0 Å². The molecular weight excluding hydrogens is 382 g/mol. The lowest BCUT2D eigenvalue weighted by Crippen LogP contribution is -2.44. The molecule has 0 amide bonds. The number of hydrogen-bond acceptors (Lipinski definition) is 3. The molecule has 1 atom stereocenters. The standard InChI is InChI=1S/C27H35N3O/c1-28-17-23(25-9-5-6-10-26(25)28)18-29-15-12-27(13-16-29)21-30(19-24(27)20-31)14-11-22-7-3-2-4-8-22/h2-10,17,24,31H,11-16,18-21H2,1H3. The Kier molecular flexibility index (Phi) is 5.87. The summed E-state index contributed by atoms with van der Waals surface area (Å²) in [7, 11) is 2.14. The van der Waals surface area contributed by atoms with Gasteiger partial charge in [-0.15, -0.1) is 0 Å². The van der Waals surface area contributed by atoms with E-state index in [0.717, 1.165) is 45.7 Å². The molecule has 1 N–H and O–H groups in total. The van der Waals surface area contributed by atoms with Crippen LogP contribution in [0.4, 0.5) is 0 Å². The minimum absolute atomic E-state index is 0.292. The lowest BCUT2D eigenvalue weighted by Gasteiger charge is -2.42. The zero-order valence-corrected chi connectivity index (χ0v) is 18.7. The molecule has 0 aliphatic carbocycles. The van der Waals surface area contributed by atoms with Crippen LogP contribution in [-0.4, -0.2) is 58.8 Å². The van der Waals surface area contributed by atoms with E-state index in [9.17, 15) is 5.11 Å². The van der Waals surface area contributed by atoms with E-state index in [1.165, 1.54) is 34.9 Å². The number of aryl methyl sites for hydroxylation is 1. The summed E-state index contributed by atoms with van der Waals surface area (Å²) < 4.78 is 2.25. The second-order valence-corrected chi connectivity index (χ2v) is 9.77. The summed E-state index contributed by atoms with van der Waals surface area (Å²) in [6, 6.07) is 19.5. The van der Waals surface area contributed by atoms with Crippen LogP contribution in [0.15, 0.2) is 60.8 Å². The fraction of sp³-hybridized carbons (Fsp3) is 0.481. The fourth-order valence-electron chi connectivity index (χ4n) is 6.01. The Morgan fingerprint density at radius 1 is 0.968 bits per heavy atom. The van der Waals surface area contributed by atoms with Crippen LogP contribution in [0.5, 0.6) is 0 Å². The van der Waals surface area contributed by atoms with Gasteiger partial charge in [0.1, 0.15) is 0 Å². The van der Waals surface area contributed by atoms with Gasteiger partial charge in [0.2, 0.25) is 0 Å². The average molecular weight is 418 g/mol. The Morgan fingerprint density at radius 3 is 2.48 bits per heavy atom. The number of rotatable bonds is 6. The van der Waals surface area contributed by atoms with Gasteiger partial charge < -0.3 is 14.6 Å². The van der Waals surface area contributed by atoms with Crippen LogP contribution in [0.3, 0.4) is 0 Å². The zero-order chi connectivity index (χ0) is 21.3. The van der Waals surface area contributed by atoms with Gasteiger partial charge in [-0.05, 0) is 55.0 Å². The molecule has 4 nitrogen and oxygen atoms in total. The minimum atomic E-state index is 0.292. The number of benzene rings is 2. The van der Waals surface area contributed by atoms with Crippen molar-refractivity contribution in [3.63, 3.8) is 0 Å². The van der Waals surface area contributed by atoms with E-state index in [0.29, 0.717) is 17.9 Å². The molecule has 5 rings (SSSR count). The monoisotopic (exact) mass is 417 g/mol. The largest absolute Gasteiger partial charge is 0.396 e. The second kappa shape index (κ2) is 8.78. The quantitative estimate of drug-likeness (QED) is 0.660. The summed E-state index contributed by atoms with van der Waals surface area (Å²) in [5, 5.41) is 11.5. The number of aromatic nitrogens is 1. The molecule has 2 saturated heterocycles. The van der Waals surface area contributed by atoms with Crippen LogP contribution < -0.4 is 0 Å². The molecule has 1 unspecified atom stereocenters. The van der Waals surface area contributed by atoms with Gasteiger partial charge in [0.15, 0.2) is 0 Å². The van der Waals surface area contributed by atoms with Gasteiger partial charge in [-0.25, -0.2) is 0 Å². The van der Waals surface area contributed by atoms with Gasteiger partial charge >= 0.3 is 0 Å². The maximum absolute atomic E-state index is 10.2. The highest BCUT2D eigenvalue weighted by Gasteiger charge is 2.47. The minimum Gasteiger partial charge on any atom is -0.396 e. The summed E-state index contributed by atoms with van der Waals surface area (Å²) >= 11 is 0. The highest BCUT2D eigenvalue weighted by Crippen LogP contribution is 2.44. The predicted octanol–water partition coefficient (Wildman–Crippen LogP) is 3.93. The number of nitrogens with zero attached hydrogens (tertiary/aromatic N) is 3. The number of hydrogen-bond donors (Lipinski definition) is 1. The van der Waals surface area contributed by atoms with E-state index in [2.05, 4.69) is 82.2 Å². The molecule has 31 heavy (non-hydrogen) atoms. The van der Waals surface area contributed by atoms with Crippen LogP contribution in [-0.2, 0) is 20.0 Å². The normalized spacial score (nSPS) is 21.9. The Hall–Kier alpha value is -2.14. The van der Waals surface area contributed by atoms with E-state index in [-0.39, 0.29) is 0 Å². The topological polar surface area (TPSA) is 31.6 Å². The van der Waals surface area contributed by atoms with Crippen molar-refractivity contribution in [2.75, 3.05) is 39.3 Å². The molecule has 164 valence electrons. The number of piperidine rings is 1. The lowest BCUT2D eigenvalue weighted by molar-refractivity contribution is 0.0485. The molecule has 1 aromatic heterocycles. The first-order chi connectivity index (χ1) is 15.2. The third kappa shape index (κ3) is 4.17. The highest BCUT2D eigenvalue weighted by molar-refractivity contribution is 5.83. The predicted molar refractivity (Wildman–Crippen MR) is 127 cm³/mol. The van der Waals surface area contributed by atoms with E-state index < -0.39 is 0 Å². The van der Waals surface area contributed by atoms with E-state index >= 15 is 0 Å². The molecule has 2 fully saturated rings. The van der Waals surface area contributed by atoms with E-state index in [4.69, 9.17) is 0 Å². The first-order valence-corrected chi connectivity index (χ1v) is 11.8. The van der Waals surface area contributed by atoms with Gasteiger partial charge in [0.25, 0.3) is 0 Å². The summed E-state index contributed by atoms with van der Waals surface area (Å²) in [5.41, 5.74) is 4.45. The molecule has 2 aromatic carbocycles. The highest BCUT2D eigenvalue weighted by atomic mass is 16.3. The van der Waals surface area contributed by atoms with Crippen LogP contribution in [0.2, 0.25) is 0 Å². The van der Waals surface area contributed by atoms with Crippen molar-refractivity contribution in [2.45, 2.75) is 25.8 Å². The molecule has 2 aliphatic heterocycles. The second-order valence-electron chi connectivity index (χ2n) is 9.77. The Balaban J connectivity index is 1.21. The van der Waals surface area contributed by atoms with Crippen LogP contribution >= 0.6 is 0 Å². The molecule has 0 radical (unpaired) electrons. The number of aliphatic hydroxyl groups excluding tert-OH is 1. The van der Waals surface area contributed by atoms with Crippen molar-refractivity contribution in [3.8, 4) is 0 Å². The van der Waals surface area contributed by atoms with E-state index in [1.54, 1.807) is 0 Å². The summed E-state index contributed by atoms with van der Waals surface area (Å²) in [6.07, 6.45) is 5.80. The maximum atomic E-state index is 10.2. The molecule has 0 saturated carbocycles. The number of fused-ring (bicyclic) bond motifs is 1. The summed E-state index contributed by atoms with van der Waals surface area (Å²) in [4.78, 5) is 5.22. The van der Waals surface area contributed by atoms with Crippen molar-refractivity contribution < 1.29 is 5.11 Å². The van der Waals surface area contributed by atoms with Crippen molar-refractivity contribution in [2.24, 2.45) is 18.4 Å². The first kappa shape index (κ1) is 20.7. The van der Waals surface area contributed by atoms with Crippen molar-refractivity contribution >= 4 is 10.9 Å². The Labute approximate surface area is 186 Å².